The van der Waals surface area contributed by atoms with Crippen LogP contribution >= 0.6 is 11.8 Å². The summed E-state index contributed by atoms with van der Waals surface area (Å²) in [5, 5.41) is 14.6. The molecular weight excluding hydrogens is 402 g/mol. The van der Waals surface area contributed by atoms with Gasteiger partial charge in [-0.05, 0) is 31.2 Å². The third kappa shape index (κ3) is 5.18. The second-order valence-corrected chi connectivity index (χ2v) is 7.44. The molecule has 2 aromatic carbocycles. The zero-order chi connectivity index (χ0) is 21.5. The number of carbonyl (C=O) groups is 2. The number of ether oxygens (including phenoxy) is 1. The molecule has 30 heavy (non-hydrogen) atoms. The number of carbonyl (C=O) groups excluding carboxylic acids is 2. The first-order valence-corrected chi connectivity index (χ1v) is 10.3. The van der Waals surface area contributed by atoms with Crippen LogP contribution in [-0.4, -0.2) is 39.4 Å². The molecule has 1 heterocycles. The Balaban J connectivity index is 1.58. The molecule has 0 aliphatic rings. The van der Waals surface area contributed by atoms with Crippen LogP contribution in [0.2, 0.25) is 0 Å². The van der Waals surface area contributed by atoms with Gasteiger partial charge in [-0.15, -0.1) is 10.2 Å². The minimum atomic E-state index is -0.341. The lowest BCUT2D eigenvalue weighted by Crippen LogP contribution is -2.28. The van der Waals surface area contributed by atoms with E-state index < -0.39 is 0 Å². The van der Waals surface area contributed by atoms with Crippen LogP contribution in [0.25, 0.3) is 0 Å². The molecule has 0 spiro atoms. The standard InChI is InChI=1S/C21H23N5O3S/c1-14(22-20(28)15-9-5-4-6-10-15)19-24-25-21(26(19)2)30-13-18(27)23-16-11-7-8-12-17(16)29-3/h4-12,14H,13H2,1-3H3,(H,22,28)(H,23,27). The first-order chi connectivity index (χ1) is 14.5. The number of nitrogens with zero attached hydrogens (tertiary/aromatic N) is 3. The molecule has 0 radical (unpaired) electrons. The van der Waals surface area contributed by atoms with Gasteiger partial charge in [0.1, 0.15) is 5.75 Å². The average Bonchev–Trinajstić information content (AvgIpc) is 3.13. The summed E-state index contributed by atoms with van der Waals surface area (Å²) in [7, 11) is 3.36. The van der Waals surface area contributed by atoms with Gasteiger partial charge in [0, 0.05) is 12.6 Å². The van der Waals surface area contributed by atoms with Gasteiger partial charge in [-0.2, -0.15) is 0 Å². The van der Waals surface area contributed by atoms with Crippen LogP contribution in [0.5, 0.6) is 5.75 Å². The Labute approximate surface area is 179 Å². The Morgan fingerprint density at radius 3 is 2.53 bits per heavy atom. The topological polar surface area (TPSA) is 98.1 Å². The van der Waals surface area contributed by atoms with E-state index in [1.165, 1.54) is 11.8 Å². The van der Waals surface area contributed by atoms with Crippen molar-refractivity contribution in [3.05, 3.63) is 66.0 Å². The third-order valence-corrected chi connectivity index (χ3v) is 5.37. The number of benzene rings is 2. The summed E-state index contributed by atoms with van der Waals surface area (Å²) in [4.78, 5) is 24.7. The Hall–Kier alpha value is -3.33. The van der Waals surface area contributed by atoms with Gasteiger partial charge in [0.25, 0.3) is 5.91 Å². The maximum atomic E-state index is 12.4. The lowest BCUT2D eigenvalue weighted by atomic mass is 10.2. The van der Waals surface area contributed by atoms with E-state index in [2.05, 4.69) is 20.8 Å². The fourth-order valence-electron chi connectivity index (χ4n) is 2.83. The number of amides is 2. The van der Waals surface area contributed by atoms with E-state index in [0.29, 0.717) is 28.0 Å². The number of para-hydroxylation sites is 2. The van der Waals surface area contributed by atoms with Crippen molar-refractivity contribution in [3.8, 4) is 5.75 Å². The fourth-order valence-corrected chi connectivity index (χ4v) is 3.55. The summed E-state index contributed by atoms with van der Waals surface area (Å²) in [6, 6.07) is 15.9. The Bertz CT molecular complexity index is 1020. The summed E-state index contributed by atoms with van der Waals surface area (Å²) < 4.78 is 7.01. The second kappa shape index (κ2) is 9.93. The molecule has 1 atom stereocenters. The summed E-state index contributed by atoms with van der Waals surface area (Å²) in [5.41, 5.74) is 1.19. The van der Waals surface area contributed by atoms with E-state index in [9.17, 15) is 9.59 Å². The first-order valence-electron chi connectivity index (χ1n) is 9.30. The molecule has 0 fully saturated rings. The maximum absolute atomic E-state index is 12.4. The van der Waals surface area contributed by atoms with E-state index >= 15 is 0 Å². The van der Waals surface area contributed by atoms with Gasteiger partial charge in [0.05, 0.1) is 24.6 Å². The van der Waals surface area contributed by atoms with Gasteiger partial charge in [-0.1, -0.05) is 42.1 Å². The Morgan fingerprint density at radius 1 is 1.10 bits per heavy atom. The normalized spacial score (nSPS) is 11.6. The quantitative estimate of drug-likeness (QED) is 0.539. The van der Waals surface area contributed by atoms with Gasteiger partial charge in [-0.25, -0.2) is 0 Å². The highest BCUT2D eigenvalue weighted by Gasteiger charge is 2.19. The van der Waals surface area contributed by atoms with Crippen molar-refractivity contribution < 1.29 is 14.3 Å². The van der Waals surface area contributed by atoms with Crippen molar-refractivity contribution in [1.82, 2.24) is 20.1 Å². The van der Waals surface area contributed by atoms with Crippen LogP contribution in [-0.2, 0) is 11.8 Å². The number of nitrogens with one attached hydrogen (secondary N) is 2. The fraction of sp³-hybridized carbons (Fsp3) is 0.238. The van der Waals surface area contributed by atoms with Crippen LogP contribution in [0, 0.1) is 0 Å². The molecule has 1 aromatic heterocycles. The molecule has 1 unspecified atom stereocenters. The summed E-state index contributed by atoms with van der Waals surface area (Å²) in [5.74, 6) is 0.997. The second-order valence-electron chi connectivity index (χ2n) is 6.50. The molecule has 0 bridgehead atoms. The van der Waals surface area contributed by atoms with E-state index in [1.54, 1.807) is 43.0 Å². The largest absolute Gasteiger partial charge is 0.495 e. The SMILES string of the molecule is COc1ccccc1NC(=O)CSc1nnc(C(C)NC(=O)c2ccccc2)n1C. The smallest absolute Gasteiger partial charge is 0.251 e. The summed E-state index contributed by atoms with van der Waals surface area (Å²) in [6.45, 7) is 1.84. The lowest BCUT2D eigenvalue weighted by molar-refractivity contribution is -0.113. The van der Waals surface area contributed by atoms with Crippen molar-refractivity contribution in [2.24, 2.45) is 7.05 Å². The predicted octanol–water partition coefficient (Wildman–Crippen LogP) is 3.05. The van der Waals surface area contributed by atoms with Crippen LogP contribution in [0.1, 0.15) is 29.1 Å². The van der Waals surface area contributed by atoms with E-state index in [0.717, 1.165) is 0 Å². The highest BCUT2D eigenvalue weighted by molar-refractivity contribution is 7.99. The highest BCUT2D eigenvalue weighted by Crippen LogP contribution is 2.24. The maximum Gasteiger partial charge on any atom is 0.251 e. The molecular formula is C21H23N5O3S. The molecule has 2 N–H and O–H groups in total. The molecule has 0 aliphatic carbocycles. The zero-order valence-corrected chi connectivity index (χ0v) is 17.8. The third-order valence-electron chi connectivity index (χ3n) is 4.35. The van der Waals surface area contributed by atoms with Crippen molar-refractivity contribution in [3.63, 3.8) is 0 Å². The van der Waals surface area contributed by atoms with E-state index in [4.69, 9.17) is 4.74 Å². The minimum absolute atomic E-state index is 0.161. The molecule has 156 valence electrons. The van der Waals surface area contributed by atoms with Crippen LogP contribution < -0.4 is 15.4 Å². The van der Waals surface area contributed by atoms with Gasteiger partial charge >= 0.3 is 0 Å². The molecule has 9 heteroatoms. The summed E-state index contributed by atoms with van der Waals surface area (Å²) in [6.07, 6.45) is 0. The first kappa shape index (κ1) is 21.4. The average molecular weight is 426 g/mol. The molecule has 3 rings (SSSR count). The number of rotatable bonds is 8. The Morgan fingerprint density at radius 2 is 1.80 bits per heavy atom. The van der Waals surface area contributed by atoms with E-state index in [-0.39, 0.29) is 23.6 Å². The molecule has 2 amide bonds. The van der Waals surface area contributed by atoms with Gasteiger partial charge < -0.3 is 19.9 Å². The molecule has 3 aromatic rings. The summed E-state index contributed by atoms with van der Waals surface area (Å²) >= 11 is 1.27. The van der Waals surface area contributed by atoms with Crippen molar-refractivity contribution in [2.75, 3.05) is 18.2 Å². The molecule has 0 saturated carbocycles. The van der Waals surface area contributed by atoms with Gasteiger partial charge in [-0.3, -0.25) is 9.59 Å². The van der Waals surface area contributed by atoms with Crippen molar-refractivity contribution >= 4 is 29.3 Å². The minimum Gasteiger partial charge on any atom is -0.495 e. The monoisotopic (exact) mass is 425 g/mol. The van der Waals surface area contributed by atoms with Crippen LogP contribution in [0.15, 0.2) is 59.8 Å². The number of hydrogen-bond acceptors (Lipinski definition) is 6. The van der Waals surface area contributed by atoms with Crippen molar-refractivity contribution in [1.29, 1.82) is 0 Å². The number of thioether (sulfide) groups is 1. The van der Waals surface area contributed by atoms with Gasteiger partial charge in [0.15, 0.2) is 11.0 Å². The van der Waals surface area contributed by atoms with Crippen LogP contribution in [0.3, 0.4) is 0 Å². The Kier molecular flexibility index (Phi) is 7.08. The number of hydrogen-bond donors (Lipinski definition) is 2. The lowest BCUT2D eigenvalue weighted by Gasteiger charge is -2.13. The van der Waals surface area contributed by atoms with Crippen molar-refractivity contribution in [2.45, 2.75) is 18.1 Å². The highest BCUT2D eigenvalue weighted by atomic mass is 32.2. The molecule has 8 nitrogen and oxygen atoms in total. The number of anilines is 1. The van der Waals surface area contributed by atoms with Crippen LogP contribution in [0.4, 0.5) is 5.69 Å². The molecule has 0 aliphatic heterocycles. The number of methoxy groups -OCH3 is 1. The molecule has 0 saturated heterocycles. The van der Waals surface area contributed by atoms with E-state index in [1.807, 2.05) is 37.3 Å². The van der Waals surface area contributed by atoms with Gasteiger partial charge in [0.2, 0.25) is 5.91 Å². The predicted molar refractivity (Wildman–Crippen MR) is 116 cm³/mol. The number of aromatic nitrogens is 3. The zero-order valence-electron chi connectivity index (χ0n) is 17.0.